The standard InChI is InChI=1S/C21H26.C15H13.C5H5.2ClH.Zr/c1-20(2,3)18-11-7-16(8-12-18)15-17-9-13-19(14-10-17)21(4,5)6;1-10-3-5-14-12(7-10)9-13-8-11(2)4-6-15(13)14;1-2-4-5-3-1;;;/h7-14H,1-6H3;3-7H,9H2,1-2H3;1-3H,4H2;2*1H;/q;;;;;+2/p-2. The molecule has 0 N–H and O–H groups in total. The van der Waals surface area contributed by atoms with Gasteiger partial charge in [-0.15, -0.1) is 0 Å². The molecule has 0 radical (unpaired) electrons. The van der Waals surface area contributed by atoms with Gasteiger partial charge in [-0.2, -0.15) is 0 Å². The van der Waals surface area contributed by atoms with Crippen molar-refractivity contribution in [2.45, 2.75) is 79.1 Å². The second kappa shape index (κ2) is 13.2. The number of hydrogen-bond donors (Lipinski definition) is 0. The molecule has 0 saturated heterocycles. The molecular formula is C41H44Cl2Zr. The van der Waals surface area contributed by atoms with E-state index in [0.29, 0.717) is 0 Å². The van der Waals surface area contributed by atoms with Crippen molar-refractivity contribution < 1.29 is 46.1 Å². The Labute approximate surface area is 285 Å². The summed E-state index contributed by atoms with van der Waals surface area (Å²) in [6, 6.07) is 31.1. The monoisotopic (exact) mass is 696 g/mol. The average Bonchev–Trinajstić information content (AvgIpc) is 3.59. The molecule has 0 nitrogen and oxygen atoms in total. The molecule has 0 atom stereocenters. The van der Waals surface area contributed by atoms with E-state index < -0.39 is 21.3 Å². The van der Waals surface area contributed by atoms with Gasteiger partial charge in [0.05, 0.1) is 0 Å². The van der Waals surface area contributed by atoms with Gasteiger partial charge in [0, 0.05) is 0 Å². The molecule has 3 heteroatoms. The molecule has 0 spiro atoms. The number of fused-ring (bicyclic) bond motifs is 3. The summed E-state index contributed by atoms with van der Waals surface area (Å²) >= 11 is -2.68. The Kier molecular flexibility index (Phi) is 10.4. The molecule has 0 saturated carbocycles. The minimum absolute atomic E-state index is 0. The molecular weight excluding hydrogens is 655 g/mol. The maximum absolute atomic E-state index is 2.68. The van der Waals surface area contributed by atoms with Crippen LogP contribution < -0.4 is 28.1 Å². The summed E-state index contributed by atoms with van der Waals surface area (Å²) in [7, 11) is 0. The fourth-order valence-corrected chi connectivity index (χ4v) is 15.0. The van der Waals surface area contributed by atoms with Crippen LogP contribution in [0.4, 0.5) is 0 Å². The summed E-state index contributed by atoms with van der Waals surface area (Å²) in [5, 5.41) is 0. The van der Waals surface area contributed by atoms with Crippen molar-refractivity contribution in [1.29, 1.82) is 0 Å². The van der Waals surface area contributed by atoms with Gasteiger partial charge in [-0.1, -0.05) is 0 Å². The van der Waals surface area contributed by atoms with Crippen LogP contribution in [0.1, 0.15) is 92.5 Å². The number of aryl methyl sites for hydroxylation is 2. The Bertz CT molecular complexity index is 1710. The third kappa shape index (κ3) is 6.63. The van der Waals surface area contributed by atoms with Gasteiger partial charge < -0.3 is 24.8 Å². The van der Waals surface area contributed by atoms with Crippen molar-refractivity contribution >= 4 is 6.48 Å². The van der Waals surface area contributed by atoms with Crippen molar-refractivity contribution in [3.8, 4) is 11.1 Å². The summed E-state index contributed by atoms with van der Waals surface area (Å²) < 4.78 is 4.97. The van der Waals surface area contributed by atoms with Crippen LogP contribution in [0.25, 0.3) is 11.1 Å². The van der Waals surface area contributed by atoms with Gasteiger partial charge in [-0.25, -0.2) is 0 Å². The SMILES string of the molecule is Cc1ccc2c(c1)Cc1c-2ccc(C)[c]1[Zr+2]([C]1=CC=CC1)=[C](c1ccc(C(C)(C)C)cc1)c1ccc(C(C)(C)C)cc1.[Cl-].[Cl-]. The molecule has 0 bridgehead atoms. The summed E-state index contributed by atoms with van der Waals surface area (Å²) in [4.78, 5) is 0. The van der Waals surface area contributed by atoms with Crippen LogP contribution in [0.2, 0.25) is 0 Å². The van der Waals surface area contributed by atoms with E-state index in [9.17, 15) is 0 Å². The Balaban J connectivity index is 0.00000221. The van der Waals surface area contributed by atoms with Crippen LogP contribution >= 0.6 is 0 Å². The Morgan fingerprint density at radius 2 is 1.20 bits per heavy atom. The van der Waals surface area contributed by atoms with Gasteiger partial charge in [0.15, 0.2) is 0 Å². The molecule has 2 aliphatic rings. The molecule has 0 fully saturated rings. The van der Waals surface area contributed by atoms with Gasteiger partial charge in [-0.05, 0) is 0 Å². The van der Waals surface area contributed by atoms with Crippen LogP contribution in [0, 0.1) is 13.8 Å². The van der Waals surface area contributed by atoms with Crippen molar-refractivity contribution in [2.24, 2.45) is 0 Å². The first kappa shape index (κ1) is 34.6. The van der Waals surface area contributed by atoms with Crippen molar-refractivity contribution in [2.75, 3.05) is 0 Å². The smallest absolute Gasteiger partial charge is 1.00 e. The van der Waals surface area contributed by atoms with Crippen LogP contribution in [0.15, 0.2) is 100 Å². The predicted molar refractivity (Wildman–Crippen MR) is 179 cm³/mol. The second-order valence-corrected chi connectivity index (χ2v) is 20.2. The molecule has 0 aliphatic heterocycles. The first-order chi connectivity index (χ1) is 19.9. The van der Waals surface area contributed by atoms with Crippen LogP contribution in [-0.4, -0.2) is 3.21 Å². The minimum atomic E-state index is -2.68. The predicted octanol–water partition coefficient (Wildman–Crippen LogP) is 3.83. The summed E-state index contributed by atoms with van der Waals surface area (Å²) in [6.45, 7) is 18.5. The van der Waals surface area contributed by atoms with Crippen LogP contribution in [0.5, 0.6) is 0 Å². The number of halogens is 2. The summed E-state index contributed by atoms with van der Waals surface area (Å²) in [5.41, 5.74) is 14.6. The maximum Gasteiger partial charge on any atom is -1.00 e. The molecule has 44 heavy (non-hydrogen) atoms. The molecule has 4 aromatic rings. The van der Waals surface area contributed by atoms with E-state index in [2.05, 4.69) is 152 Å². The summed E-state index contributed by atoms with van der Waals surface area (Å²) in [6.07, 6.45) is 9.26. The largest absolute Gasteiger partial charge is 1.00 e. The van der Waals surface area contributed by atoms with Gasteiger partial charge >= 0.3 is 263 Å². The van der Waals surface area contributed by atoms with Gasteiger partial charge in [0.1, 0.15) is 0 Å². The molecule has 4 aromatic carbocycles. The molecule has 0 aromatic heterocycles. The maximum atomic E-state index is 2.47. The topological polar surface area (TPSA) is 0 Å². The quantitative estimate of drug-likeness (QED) is 0.268. The van der Waals surface area contributed by atoms with E-state index in [1.165, 1.54) is 50.1 Å². The van der Waals surface area contributed by atoms with Crippen molar-refractivity contribution in [1.82, 2.24) is 0 Å². The third-order valence-corrected chi connectivity index (χ3v) is 17.2. The second-order valence-electron chi connectivity index (χ2n) is 14.3. The van der Waals surface area contributed by atoms with E-state index in [4.69, 9.17) is 0 Å². The van der Waals surface area contributed by atoms with E-state index in [0.717, 1.165) is 12.8 Å². The first-order valence-corrected chi connectivity index (χ1v) is 19.2. The first-order valence-electron chi connectivity index (χ1n) is 15.5. The third-order valence-electron chi connectivity index (χ3n) is 9.11. The van der Waals surface area contributed by atoms with E-state index in [1.54, 1.807) is 15.3 Å². The van der Waals surface area contributed by atoms with E-state index in [1.807, 2.05) is 0 Å². The Hall–Kier alpha value is -2.31. The minimum Gasteiger partial charge on any atom is -1.00 e. The van der Waals surface area contributed by atoms with Crippen molar-refractivity contribution in [3.05, 3.63) is 145 Å². The Morgan fingerprint density at radius 3 is 1.70 bits per heavy atom. The molecule has 0 amide bonds. The van der Waals surface area contributed by atoms with E-state index in [-0.39, 0.29) is 35.6 Å². The fraction of sp³-hybridized carbons (Fsp3) is 0.293. The van der Waals surface area contributed by atoms with Crippen molar-refractivity contribution in [3.63, 3.8) is 0 Å². The normalized spacial score (nSPS) is 13.2. The van der Waals surface area contributed by atoms with Gasteiger partial charge in [0.2, 0.25) is 0 Å². The molecule has 0 heterocycles. The Morgan fingerprint density at radius 1 is 0.659 bits per heavy atom. The average molecular weight is 699 g/mol. The van der Waals surface area contributed by atoms with Crippen LogP contribution in [0.3, 0.4) is 0 Å². The zero-order chi connectivity index (χ0) is 29.8. The zero-order valence-corrected chi connectivity index (χ0v) is 31.4. The van der Waals surface area contributed by atoms with Gasteiger partial charge in [-0.3, -0.25) is 0 Å². The number of hydrogen-bond acceptors (Lipinski definition) is 0. The number of rotatable bonds is 4. The number of allylic oxidation sites excluding steroid dienone is 4. The van der Waals surface area contributed by atoms with E-state index >= 15 is 0 Å². The molecule has 6 rings (SSSR count). The van der Waals surface area contributed by atoms with Crippen LogP contribution in [-0.2, 0) is 38.5 Å². The summed E-state index contributed by atoms with van der Waals surface area (Å²) in [5.74, 6) is 0. The van der Waals surface area contributed by atoms with Gasteiger partial charge in [0.25, 0.3) is 0 Å². The number of benzene rings is 4. The molecule has 2 aliphatic carbocycles. The molecule has 0 unspecified atom stereocenters. The fourth-order valence-electron chi connectivity index (χ4n) is 6.68. The zero-order valence-electron chi connectivity index (χ0n) is 27.4. The molecule has 226 valence electrons.